The number of carbonyl (C=O) groups excluding carboxylic acids is 5. The summed E-state index contributed by atoms with van der Waals surface area (Å²) in [6.07, 6.45) is -3.67. The normalized spacial score (nSPS) is 29.3. The van der Waals surface area contributed by atoms with Crippen molar-refractivity contribution in [3.8, 4) is 17.0 Å². The van der Waals surface area contributed by atoms with Crippen molar-refractivity contribution in [2.45, 2.75) is 37.7 Å². The number of hydrogen-bond donors (Lipinski definition) is 6. The number of anilines is 3. The molecule has 0 spiro atoms. The van der Waals surface area contributed by atoms with Crippen molar-refractivity contribution < 1.29 is 44.4 Å². The highest BCUT2D eigenvalue weighted by Crippen LogP contribution is 2.54. The smallest absolute Gasteiger partial charge is 0.235 e. The summed E-state index contributed by atoms with van der Waals surface area (Å²) in [5.74, 6) is -14.6. The van der Waals surface area contributed by atoms with E-state index in [2.05, 4.69) is 29.0 Å². The Morgan fingerprint density at radius 2 is 1.67 bits per heavy atom. The first-order valence-corrected chi connectivity index (χ1v) is 16.7. The van der Waals surface area contributed by atoms with Crippen LogP contribution in [0.15, 0.2) is 41.8 Å². The number of phenols is 1. The molecule has 15 heteroatoms. The molecule has 3 aliphatic carbocycles. The van der Waals surface area contributed by atoms with Crippen LogP contribution >= 0.6 is 11.3 Å². The van der Waals surface area contributed by atoms with E-state index in [-0.39, 0.29) is 11.3 Å². The summed E-state index contributed by atoms with van der Waals surface area (Å²) in [7, 11) is 2.78. The zero-order valence-electron chi connectivity index (χ0n) is 27.2. The average molecular weight is 692 g/mol. The van der Waals surface area contributed by atoms with E-state index in [1.165, 1.54) is 42.5 Å². The third kappa shape index (κ3) is 5.06. The minimum Gasteiger partial charge on any atom is -0.505 e. The number of fused-ring (bicyclic) bond motifs is 3. The number of nitrogens with zero attached hydrogens (tertiary/aromatic N) is 3. The van der Waals surface area contributed by atoms with Gasteiger partial charge in [-0.3, -0.25) is 28.9 Å². The number of nitrogens with two attached hydrogens (primary N) is 1. The molecule has 3 aromatic rings. The molecule has 7 N–H and O–H groups in total. The average Bonchev–Trinajstić information content (AvgIpc) is 3.53. The zero-order valence-corrected chi connectivity index (χ0v) is 28.0. The molecule has 6 rings (SSSR count). The number of Topliss-reactive ketones (excluding diaryl/α,β-unsaturated/α-hetero) is 4. The number of phenolic OH excluding ortho intramolecular Hbond substituents is 1. The lowest BCUT2D eigenvalue weighted by atomic mass is 9.50. The molecule has 2 saturated carbocycles. The number of ketones is 4. The molecule has 0 radical (unpaired) electrons. The van der Waals surface area contributed by atoms with Crippen LogP contribution in [-0.2, 0) is 19.2 Å². The first-order chi connectivity index (χ1) is 23.2. The minimum absolute atomic E-state index is 0.0248. The fourth-order valence-electron chi connectivity index (χ4n) is 7.75. The number of aliphatic hydroxyl groups excluding tert-OH is 2. The summed E-state index contributed by atoms with van der Waals surface area (Å²) in [5, 5.41) is 51.4. The molecule has 0 aliphatic heterocycles. The maximum Gasteiger partial charge on any atom is 0.235 e. The lowest BCUT2D eigenvalue weighted by molar-refractivity contribution is -0.202. The number of thiazole rings is 1. The van der Waals surface area contributed by atoms with E-state index in [0.717, 1.165) is 24.3 Å². The standard InChI is InChI=1S/C34H37N5O9S/c1-5-39(6-2)15-9-7-14(8-10-15)18-13-49-33(37-18)36-17-12-11-16-19(26(17)41)27(42)21-20(25(16)40)28(43)23-24(38(3)4)29(44)22(32(35)47)31(46)34(23,48)30(21)45/h7-13,20-25,28,40-41,43,48H,5-6H2,1-4H3,(H2,35,47)(H,36,37)/t20-,21?,22?,23+,24-,25-,28-,34-/m0/s1. The van der Waals surface area contributed by atoms with E-state index in [4.69, 9.17) is 5.73 Å². The molecular weight excluding hydrogens is 654 g/mol. The summed E-state index contributed by atoms with van der Waals surface area (Å²) in [6, 6.07) is 9.14. The number of aromatic hydroxyl groups is 1. The molecule has 49 heavy (non-hydrogen) atoms. The van der Waals surface area contributed by atoms with Crippen molar-refractivity contribution in [3.05, 3.63) is 52.9 Å². The van der Waals surface area contributed by atoms with Gasteiger partial charge >= 0.3 is 0 Å². The fraction of sp³-hybridized carbons (Fsp3) is 0.412. The Labute approximate surface area is 285 Å². The Bertz CT molecular complexity index is 1870. The first kappa shape index (κ1) is 34.3. The molecule has 1 heterocycles. The van der Waals surface area contributed by atoms with Gasteiger partial charge in [0.1, 0.15) is 5.75 Å². The monoisotopic (exact) mass is 691 g/mol. The number of likely N-dealkylation sites (N-methyl/N-ethyl adjacent to an activating group) is 1. The summed E-state index contributed by atoms with van der Waals surface area (Å²) < 4.78 is 0. The van der Waals surface area contributed by atoms with Gasteiger partial charge in [-0.2, -0.15) is 0 Å². The molecule has 0 bridgehead atoms. The number of benzene rings is 2. The third-order valence-corrected chi connectivity index (χ3v) is 10.9. The lowest BCUT2D eigenvalue weighted by Crippen LogP contribution is -2.77. The van der Waals surface area contributed by atoms with Gasteiger partial charge in [-0.25, -0.2) is 4.98 Å². The molecule has 0 saturated heterocycles. The topological polar surface area (TPSA) is 224 Å². The number of rotatable bonds is 8. The second-order valence-corrected chi connectivity index (χ2v) is 13.7. The van der Waals surface area contributed by atoms with Gasteiger partial charge in [0.15, 0.2) is 39.8 Å². The Balaban J connectivity index is 1.34. The van der Waals surface area contributed by atoms with Crippen LogP contribution in [0.25, 0.3) is 11.3 Å². The fourth-order valence-corrected chi connectivity index (χ4v) is 8.48. The molecule has 1 amide bonds. The van der Waals surface area contributed by atoms with Gasteiger partial charge in [0.05, 0.1) is 47.0 Å². The van der Waals surface area contributed by atoms with E-state index in [0.29, 0.717) is 10.8 Å². The van der Waals surface area contributed by atoms with Gasteiger partial charge in [0, 0.05) is 35.6 Å². The van der Waals surface area contributed by atoms with Crippen LogP contribution < -0.4 is 16.0 Å². The van der Waals surface area contributed by atoms with Gasteiger partial charge in [-0.1, -0.05) is 18.2 Å². The van der Waals surface area contributed by atoms with E-state index in [1.807, 2.05) is 29.6 Å². The number of aliphatic hydroxyl groups is 3. The Hall–Kier alpha value is -4.54. The highest BCUT2D eigenvalue weighted by Gasteiger charge is 2.73. The molecule has 258 valence electrons. The number of aromatic nitrogens is 1. The first-order valence-electron chi connectivity index (χ1n) is 15.8. The van der Waals surface area contributed by atoms with Crippen LogP contribution in [0.1, 0.15) is 35.9 Å². The minimum atomic E-state index is -3.16. The van der Waals surface area contributed by atoms with Gasteiger partial charge in [-0.15, -0.1) is 11.3 Å². The number of nitrogens with one attached hydrogen (secondary N) is 1. The van der Waals surface area contributed by atoms with E-state index < -0.39 is 87.9 Å². The highest BCUT2D eigenvalue weighted by atomic mass is 32.1. The lowest BCUT2D eigenvalue weighted by Gasteiger charge is -2.55. The van der Waals surface area contributed by atoms with Crippen molar-refractivity contribution in [3.63, 3.8) is 0 Å². The van der Waals surface area contributed by atoms with Crippen molar-refractivity contribution in [2.24, 2.45) is 29.4 Å². The number of carbonyl (C=O) groups is 5. The SMILES string of the molecule is CCN(CC)c1ccc(-c2csc(Nc3ccc4c(c3O)C(=O)C3C(=O)[C@]5(O)C(=O)C(C(N)=O)C(=O)[C@@H](N(C)C)[C@@H]5[C@@H](O)[C@@H]3[C@H]4O)n2)cc1. The van der Waals surface area contributed by atoms with Crippen LogP contribution in [0.5, 0.6) is 5.75 Å². The molecule has 3 aliphatic rings. The Morgan fingerprint density at radius 1 is 1.02 bits per heavy atom. The van der Waals surface area contributed by atoms with Crippen molar-refractivity contribution >= 4 is 56.9 Å². The quantitative estimate of drug-likeness (QED) is 0.144. The molecule has 8 atom stereocenters. The van der Waals surface area contributed by atoms with Crippen LogP contribution in [0, 0.1) is 23.7 Å². The largest absolute Gasteiger partial charge is 0.505 e. The van der Waals surface area contributed by atoms with Crippen molar-refractivity contribution in [1.29, 1.82) is 0 Å². The highest BCUT2D eigenvalue weighted by molar-refractivity contribution is 7.14. The molecule has 2 unspecified atom stereocenters. The third-order valence-electron chi connectivity index (χ3n) is 10.1. The van der Waals surface area contributed by atoms with Crippen molar-refractivity contribution in [1.82, 2.24) is 9.88 Å². The van der Waals surface area contributed by atoms with E-state index >= 15 is 0 Å². The Kier molecular flexibility index (Phi) is 8.69. The summed E-state index contributed by atoms with van der Waals surface area (Å²) >= 11 is 1.24. The molecule has 14 nitrogen and oxygen atoms in total. The maximum atomic E-state index is 14.1. The van der Waals surface area contributed by atoms with Gasteiger partial charge in [0.2, 0.25) is 5.91 Å². The molecule has 1 aromatic heterocycles. The zero-order chi connectivity index (χ0) is 35.7. The van der Waals surface area contributed by atoms with E-state index in [9.17, 15) is 44.4 Å². The van der Waals surface area contributed by atoms with Crippen molar-refractivity contribution in [2.75, 3.05) is 37.4 Å². The molecule has 2 aromatic carbocycles. The molecule has 2 fully saturated rings. The number of hydrogen-bond acceptors (Lipinski definition) is 14. The van der Waals surface area contributed by atoms with Crippen LogP contribution in [0.4, 0.5) is 16.5 Å². The number of primary amides is 1. The second kappa shape index (κ2) is 12.4. The summed E-state index contributed by atoms with van der Waals surface area (Å²) in [5.41, 5.74) is 4.26. The van der Waals surface area contributed by atoms with Gasteiger partial charge in [-0.05, 0) is 51.7 Å². The summed E-state index contributed by atoms with van der Waals surface area (Å²) in [4.78, 5) is 75.2. The maximum absolute atomic E-state index is 14.1. The predicted molar refractivity (Wildman–Crippen MR) is 178 cm³/mol. The second-order valence-electron chi connectivity index (χ2n) is 12.8. The molecular formula is C34H37N5O9S. The van der Waals surface area contributed by atoms with Gasteiger partial charge in [0.25, 0.3) is 0 Å². The van der Waals surface area contributed by atoms with E-state index in [1.54, 1.807) is 0 Å². The van der Waals surface area contributed by atoms with Crippen LogP contribution in [0.2, 0.25) is 0 Å². The Morgan fingerprint density at radius 3 is 2.27 bits per heavy atom. The number of amides is 1. The van der Waals surface area contributed by atoms with Gasteiger partial charge < -0.3 is 36.4 Å². The predicted octanol–water partition coefficient (Wildman–Crippen LogP) is 1.04. The van der Waals surface area contributed by atoms with Crippen LogP contribution in [0.3, 0.4) is 0 Å². The van der Waals surface area contributed by atoms with Crippen LogP contribution in [-0.4, -0.2) is 104 Å². The summed E-state index contributed by atoms with van der Waals surface area (Å²) in [6.45, 7) is 5.89.